The summed E-state index contributed by atoms with van der Waals surface area (Å²) >= 11 is 2.96. The summed E-state index contributed by atoms with van der Waals surface area (Å²) in [5.41, 5.74) is 19.4. The summed E-state index contributed by atoms with van der Waals surface area (Å²) in [5, 5.41) is 19.3. The van der Waals surface area contributed by atoms with Crippen LogP contribution < -0.4 is 26.7 Å². The standard InChI is InChI=1S/C22H31N5O4S2/c1-3-4-19-16(13-32-22(25)27-20(24)11-14(2)23)26-21(33-19)15-5-6-17(30-9-7-28)18(12-15)31-10-8-29/h5-6,11-12,28-29H,2-4,7-10,13,23-24H2,1H3,(H2,25,27)/b20-11-. The smallest absolute Gasteiger partial charge is 0.161 e. The molecule has 8 N–H and O–H groups in total. The number of ether oxygens (including phenoxy) is 2. The molecule has 180 valence electrons. The number of aliphatic hydroxyl groups excluding tert-OH is 2. The van der Waals surface area contributed by atoms with Crippen LogP contribution in [0.15, 0.2) is 47.4 Å². The lowest BCUT2D eigenvalue weighted by molar-refractivity contribution is 0.178. The number of aryl methyl sites for hydroxylation is 1. The molecule has 11 heteroatoms. The largest absolute Gasteiger partial charge is 0.487 e. The van der Waals surface area contributed by atoms with E-state index >= 15 is 0 Å². The van der Waals surface area contributed by atoms with E-state index in [1.165, 1.54) is 22.7 Å². The van der Waals surface area contributed by atoms with Crippen LogP contribution in [-0.4, -0.2) is 46.8 Å². The SMILES string of the molecule is C=C(N)/C=C(N)\N=C(/N)SCc1nc(-c2ccc(OCCO)c(OCCO)c2)sc1CCC. The number of nitrogens with zero attached hydrogens (tertiary/aromatic N) is 2. The van der Waals surface area contributed by atoms with Gasteiger partial charge in [-0.2, -0.15) is 0 Å². The Balaban J connectivity index is 2.27. The Hall–Kier alpha value is -2.73. The van der Waals surface area contributed by atoms with E-state index in [9.17, 15) is 0 Å². The summed E-state index contributed by atoms with van der Waals surface area (Å²) in [6, 6.07) is 5.50. The number of aliphatic hydroxyl groups is 2. The first-order valence-corrected chi connectivity index (χ1v) is 12.2. The number of amidine groups is 1. The topological polar surface area (TPSA) is 162 Å². The molecule has 0 saturated carbocycles. The second-order valence-corrected chi connectivity index (χ2v) is 8.91. The Kier molecular flexibility index (Phi) is 11.0. The van der Waals surface area contributed by atoms with Gasteiger partial charge in [0.25, 0.3) is 0 Å². The fraction of sp³-hybridized carbons (Fsp3) is 0.364. The van der Waals surface area contributed by atoms with Crippen LogP contribution in [0.3, 0.4) is 0 Å². The van der Waals surface area contributed by atoms with Crippen molar-refractivity contribution in [1.82, 2.24) is 4.98 Å². The number of nitrogens with two attached hydrogens (primary N) is 3. The number of allylic oxidation sites excluding steroid dienone is 1. The molecule has 2 rings (SSSR count). The van der Waals surface area contributed by atoms with Gasteiger partial charge in [0.15, 0.2) is 16.7 Å². The Bertz CT molecular complexity index is 991. The number of thiazole rings is 1. The molecular formula is C22H31N5O4S2. The fourth-order valence-corrected chi connectivity index (χ4v) is 4.71. The van der Waals surface area contributed by atoms with E-state index in [1.807, 2.05) is 12.1 Å². The van der Waals surface area contributed by atoms with Gasteiger partial charge in [-0.25, -0.2) is 9.98 Å². The van der Waals surface area contributed by atoms with Crippen molar-refractivity contribution < 1.29 is 19.7 Å². The minimum atomic E-state index is -0.120. The third-order valence-electron chi connectivity index (χ3n) is 4.07. The van der Waals surface area contributed by atoms with Gasteiger partial charge in [-0.3, -0.25) is 0 Å². The van der Waals surface area contributed by atoms with E-state index in [0.717, 1.165) is 29.1 Å². The van der Waals surface area contributed by atoms with Gasteiger partial charge >= 0.3 is 0 Å². The molecule has 33 heavy (non-hydrogen) atoms. The number of rotatable bonds is 13. The lowest BCUT2D eigenvalue weighted by atomic mass is 10.2. The normalized spacial score (nSPS) is 12.1. The number of thioether (sulfide) groups is 1. The van der Waals surface area contributed by atoms with Crippen LogP contribution in [0.4, 0.5) is 0 Å². The molecule has 0 saturated heterocycles. The van der Waals surface area contributed by atoms with Gasteiger partial charge < -0.3 is 36.9 Å². The van der Waals surface area contributed by atoms with Crippen molar-refractivity contribution >= 4 is 28.3 Å². The van der Waals surface area contributed by atoms with Gasteiger partial charge in [-0.1, -0.05) is 31.7 Å². The highest BCUT2D eigenvalue weighted by Crippen LogP contribution is 2.36. The molecule has 0 fully saturated rings. The zero-order chi connectivity index (χ0) is 24.2. The highest BCUT2D eigenvalue weighted by atomic mass is 32.2. The zero-order valence-electron chi connectivity index (χ0n) is 18.6. The summed E-state index contributed by atoms with van der Waals surface area (Å²) in [5.74, 6) is 1.72. The molecule has 0 bridgehead atoms. The fourth-order valence-electron chi connectivity index (χ4n) is 2.75. The maximum Gasteiger partial charge on any atom is 0.161 e. The van der Waals surface area contributed by atoms with Gasteiger partial charge in [0.1, 0.15) is 24.0 Å². The zero-order valence-corrected chi connectivity index (χ0v) is 20.3. The van der Waals surface area contributed by atoms with E-state index < -0.39 is 0 Å². The molecule has 9 nitrogen and oxygen atoms in total. The molecular weight excluding hydrogens is 462 g/mol. The van der Waals surface area contributed by atoms with E-state index in [0.29, 0.717) is 28.1 Å². The van der Waals surface area contributed by atoms with Crippen LogP contribution in [0.5, 0.6) is 11.5 Å². The molecule has 1 aromatic heterocycles. The quantitative estimate of drug-likeness (QED) is 0.160. The van der Waals surface area contributed by atoms with Crippen LogP contribution >= 0.6 is 23.1 Å². The van der Waals surface area contributed by atoms with E-state index in [1.54, 1.807) is 17.4 Å². The average molecular weight is 494 g/mol. The summed E-state index contributed by atoms with van der Waals surface area (Å²) in [7, 11) is 0. The number of benzene rings is 1. The summed E-state index contributed by atoms with van der Waals surface area (Å²) in [4.78, 5) is 10.1. The van der Waals surface area contributed by atoms with E-state index in [4.69, 9.17) is 41.9 Å². The van der Waals surface area contributed by atoms with Gasteiger partial charge in [0.2, 0.25) is 0 Å². The van der Waals surface area contributed by atoms with Gasteiger partial charge in [0, 0.05) is 28.0 Å². The summed E-state index contributed by atoms with van der Waals surface area (Å²) < 4.78 is 11.2. The molecule has 0 spiro atoms. The maximum absolute atomic E-state index is 9.12. The molecule has 0 amide bonds. The Morgan fingerprint density at radius 2 is 1.88 bits per heavy atom. The predicted molar refractivity (Wildman–Crippen MR) is 135 cm³/mol. The van der Waals surface area contributed by atoms with Crippen molar-refractivity contribution in [3.63, 3.8) is 0 Å². The summed E-state index contributed by atoms with van der Waals surface area (Å²) in [6.07, 6.45) is 3.32. The van der Waals surface area contributed by atoms with Crippen molar-refractivity contribution in [1.29, 1.82) is 0 Å². The molecule has 0 aliphatic rings. The third-order valence-corrected chi connectivity index (χ3v) is 6.08. The Labute approximate surface area is 202 Å². The maximum atomic E-state index is 9.12. The van der Waals surface area contributed by atoms with Gasteiger partial charge in [0.05, 0.1) is 18.9 Å². The van der Waals surface area contributed by atoms with Crippen molar-refractivity contribution in [3.05, 3.63) is 52.9 Å². The van der Waals surface area contributed by atoms with Crippen LogP contribution in [0.1, 0.15) is 23.9 Å². The molecule has 0 aliphatic heterocycles. The minimum Gasteiger partial charge on any atom is -0.487 e. The highest BCUT2D eigenvalue weighted by Gasteiger charge is 2.15. The van der Waals surface area contributed by atoms with Gasteiger partial charge in [-0.15, -0.1) is 11.3 Å². The van der Waals surface area contributed by atoms with Crippen molar-refractivity contribution in [3.8, 4) is 22.1 Å². The Morgan fingerprint density at radius 3 is 2.52 bits per heavy atom. The lowest BCUT2D eigenvalue weighted by Crippen LogP contribution is -2.10. The first-order chi connectivity index (χ1) is 15.9. The van der Waals surface area contributed by atoms with Crippen molar-refractivity contribution in [2.24, 2.45) is 22.2 Å². The number of hydrogen-bond donors (Lipinski definition) is 5. The molecule has 2 aromatic rings. The predicted octanol–water partition coefficient (Wildman–Crippen LogP) is 2.33. The minimum absolute atomic E-state index is 0.107. The average Bonchev–Trinajstić information content (AvgIpc) is 3.17. The third kappa shape index (κ3) is 8.61. The summed E-state index contributed by atoms with van der Waals surface area (Å²) in [6.45, 7) is 5.73. The molecule has 0 unspecified atom stereocenters. The monoisotopic (exact) mass is 493 g/mol. The number of aromatic nitrogens is 1. The molecule has 1 aromatic carbocycles. The van der Waals surface area contributed by atoms with Crippen LogP contribution in [-0.2, 0) is 12.2 Å². The molecule has 0 atom stereocenters. The molecule has 1 heterocycles. The van der Waals surface area contributed by atoms with Crippen LogP contribution in [0.2, 0.25) is 0 Å². The second kappa shape index (κ2) is 13.7. The lowest BCUT2D eigenvalue weighted by Gasteiger charge is -2.12. The first kappa shape index (κ1) is 26.5. The number of hydrogen-bond acceptors (Lipinski definition) is 10. The molecule has 0 radical (unpaired) electrons. The van der Waals surface area contributed by atoms with E-state index in [-0.39, 0.29) is 32.2 Å². The number of aliphatic imine (C=N–C) groups is 1. The van der Waals surface area contributed by atoms with Gasteiger partial charge in [-0.05, 0) is 24.6 Å². The Morgan fingerprint density at radius 1 is 1.18 bits per heavy atom. The van der Waals surface area contributed by atoms with Crippen molar-refractivity contribution in [2.45, 2.75) is 25.5 Å². The second-order valence-electron chi connectivity index (χ2n) is 6.83. The first-order valence-electron chi connectivity index (χ1n) is 10.4. The van der Waals surface area contributed by atoms with Crippen LogP contribution in [0, 0.1) is 0 Å². The highest BCUT2D eigenvalue weighted by molar-refractivity contribution is 8.13. The molecule has 0 aliphatic carbocycles. The van der Waals surface area contributed by atoms with Crippen LogP contribution in [0.25, 0.3) is 10.6 Å². The van der Waals surface area contributed by atoms with E-state index in [2.05, 4.69) is 18.5 Å². The van der Waals surface area contributed by atoms with Crippen molar-refractivity contribution in [2.75, 3.05) is 26.4 Å².